The van der Waals surface area contributed by atoms with Crippen molar-refractivity contribution in [2.75, 3.05) is 0 Å². The molecular weight excluding hydrogens is 602 g/mol. The zero-order valence-electron chi connectivity index (χ0n) is 26.5. The second-order valence-electron chi connectivity index (χ2n) is 11.5. The lowest BCUT2D eigenvalue weighted by Crippen LogP contribution is -2.56. The van der Waals surface area contributed by atoms with Crippen molar-refractivity contribution in [3.8, 4) is 0 Å². The molecule has 2 aromatic carbocycles. The third kappa shape index (κ3) is 11.9. The third-order valence-corrected chi connectivity index (χ3v) is 7.41. The first-order valence-electron chi connectivity index (χ1n) is 15.5. The first-order chi connectivity index (χ1) is 22.8. The van der Waals surface area contributed by atoms with Crippen LogP contribution in [-0.2, 0) is 40.3 Å². The Hall–Kier alpha value is -5.23. The summed E-state index contributed by atoms with van der Waals surface area (Å²) in [6, 6.07) is 20.3. The van der Waals surface area contributed by atoms with Gasteiger partial charge in [0.25, 0.3) is 0 Å². The molecule has 4 atom stereocenters. The summed E-state index contributed by atoms with van der Waals surface area (Å²) in [6.07, 6.45) is 4.20. The molecule has 0 bridgehead atoms. The van der Waals surface area contributed by atoms with Crippen LogP contribution in [0.1, 0.15) is 42.7 Å². The van der Waals surface area contributed by atoms with Crippen molar-refractivity contribution >= 4 is 18.1 Å². The van der Waals surface area contributed by atoms with E-state index in [0.29, 0.717) is 18.6 Å². The quantitative estimate of drug-likeness (QED) is 0.139. The second kappa shape index (κ2) is 18.1. The number of hydrogen-bond acceptors (Lipinski definition) is 9. The number of nitrogens with one attached hydrogen (secondary N) is 3. The Morgan fingerprint density at radius 3 is 2.02 bits per heavy atom. The molecule has 3 amide bonds. The number of carbonyl (C=O) groups excluding carboxylic acids is 3. The van der Waals surface area contributed by atoms with E-state index in [9.17, 15) is 19.5 Å². The van der Waals surface area contributed by atoms with E-state index in [0.717, 1.165) is 16.7 Å². The van der Waals surface area contributed by atoms with Crippen LogP contribution in [0.25, 0.3) is 0 Å². The maximum Gasteiger partial charge on any atom is 0.408 e. The van der Waals surface area contributed by atoms with Crippen LogP contribution in [-0.4, -0.2) is 57.4 Å². The van der Waals surface area contributed by atoms with Gasteiger partial charge in [0.05, 0.1) is 18.3 Å². The van der Waals surface area contributed by atoms with Gasteiger partial charge in [-0.3, -0.25) is 9.78 Å². The van der Waals surface area contributed by atoms with E-state index in [1.165, 1.54) is 12.6 Å². The molecule has 0 aliphatic heterocycles. The number of aliphatic hydroxyl groups is 1. The molecule has 0 saturated carbocycles. The largest absolute Gasteiger partial charge is 0.445 e. The molecule has 2 heterocycles. The summed E-state index contributed by atoms with van der Waals surface area (Å²) in [4.78, 5) is 46.9. The molecule has 47 heavy (non-hydrogen) atoms. The maximum absolute atomic E-state index is 13.6. The minimum absolute atomic E-state index is 0.0391. The highest BCUT2D eigenvalue weighted by molar-refractivity contribution is 5.86. The Bertz CT molecular complexity index is 1510. The van der Waals surface area contributed by atoms with Crippen molar-refractivity contribution in [3.63, 3.8) is 0 Å². The molecule has 0 saturated heterocycles. The number of hydrogen-bond donors (Lipinski definition) is 4. The van der Waals surface area contributed by atoms with Crippen molar-refractivity contribution in [3.05, 3.63) is 120 Å². The molecule has 0 aliphatic carbocycles. The average molecular weight is 644 g/mol. The van der Waals surface area contributed by atoms with E-state index in [-0.39, 0.29) is 25.6 Å². The van der Waals surface area contributed by atoms with Crippen molar-refractivity contribution in [1.29, 1.82) is 0 Å². The summed E-state index contributed by atoms with van der Waals surface area (Å²) in [5.41, 5.74) is 2.58. The first kappa shape index (κ1) is 34.6. The Balaban J connectivity index is 1.46. The van der Waals surface area contributed by atoms with Crippen LogP contribution in [0.3, 0.4) is 0 Å². The molecule has 4 rings (SSSR count). The minimum Gasteiger partial charge on any atom is -0.445 e. The lowest BCUT2D eigenvalue weighted by atomic mass is 9.93. The van der Waals surface area contributed by atoms with Crippen LogP contribution in [0.4, 0.5) is 9.59 Å². The zero-order chi connectivity index (χ0) is 33.4. The molecule has 4 aromatic rings. The highest BCUT2D eigenvalue weighted by Gasteiger charge is 2.31. The van der Waals surface area contributed by atoms with Gasteiger partial charge in [-0.15, -0.1) is 0 Å². The zero-order valence-corrected chi connectivity index (χ0v) is 26.5. The van der Waals surface area contributed by atoms with Crippen LogP contribution in [0, 0.1) is 5.92 Å². The molecule has 0 spiro atoms. The van der Waals surface area contributed by atoms with E-state index < -0.39 is 42.3 Å². The Labute approximate surface area is 273 Å². The summed E-state index contributed by atoms with van der Waals surface area (Å²) in [7, 11) is 0. The minimum atomic E-state index is -1.09. The number of nitrogens with zero attached hydrogens (tertiary/aromatic N) is 2. The number of ether oxygens (including phenoxy) is 2. The number of carbonyl (C=O) groups is 3. The molecule has 0 radical (unpaired) electrons. The van der Waals surface area contributed by atoms with Crippen molar-refractivity contribution in [1.82, 2.24) is 25.9 Å². The number of amides is 3. The van der Waals surface area contributed by atoms with E-state index in [2.05, 4.69) is 25.9 Å². The summed E-state index contributed by atoms with van der Waals surface area (Å²) >= 11 is 0. The predicted octanol–water partition coefficient (Wildman–Crippen LogP) is 4.34. The van der Waals surface area contributed by atoms with Gasteiger partial charge >= 0.3 is 12.2 Å². The van der Waals surface area contributed by atoms with Crippen LogP contribution in [0.5, 0.6) is 0 Å². The topological polar surface area (TPSA) is 165 Å². The highest BCUT2D eigenvalue weighted by Crippen LogP contribution is 2.16. The van der Waals surface area contributed by atoms with Crippen LogP contribution >= 0.6 is 0 Å². The molecule has 12 nitrogen and oxygen atoms in total. The van der Waals surface area contributed by atoms with Gasteiger partial charge in [0.2, 0.25) is 5.91 Å². The molecule has 0 aliphatic rings. The van der Waals surface area contributed by atoms with Gasteiger partial charge in [-0.2, -0.15) is 0 Å². The summed E-state index contributed by atoms with van der Waals surface area (Å²) < 4.78 is 15.7. The number of pyridine rings is 1. The number of aliphatic hydroxyl groups excluding tert-OH is 1. The van der Waals surface area contributed by atoms with Gasteiger partial charge in [0.15, 0.2) is 18.8 Å². The van der Waals surface area contributed by atoms with E-state index in [1.807, 2.05) is 60.7 Å². The summed E-state index contributed by atoms with van der Waals surface area (Å²) in [6.45, 7) is 3.48. The van der Waals surface area contributed by atoms with Crippen LogP contribution < -0.4 is 16.0 Å². The number of alkyl carbamates (subject to hydrolysis) is 2. The smallest absolute Gasteiger partial charge is 0.408 e. The Kier molecular flexibility index (Phi) is 13.3. The lowest BCUT2D eigenvalue weighted by Gasteiger charge is -2.30. The van der Waals surface area contributed by atoms with E-state index in [1.54, 1.807) is 38.4 Å². The standard InChI is InChI=1S/C35H41N5O7/c1-24(2)32(40-35(44)46-22-29-20-37-23-47-29)33(42)39-30(17-26-12-7-4-8-13-26)31(41)18-28(16-25-10-5-3-6-11-25)38-34(43)45-21-27-14-9-15-36-19-27/h3-15,19-20,23-24,28,30-32,41H,16-18,21-22H2,1-2H3,(H,38,43)(H,39,42)(H,40,44)/t28-,30-,31-,32?/m0/s1. The third-order valence-electron chi connectivity index (χ3n) is 7.41. The van der Waals surface area contributed by atoms with E-state index in [4.69, 9.17) is 13.9 Å². The number of rotatable bonds is 16. The number of benzene rings is 2. The van der Waals surface area contributed by atoms with E-state index >= 15 is 0 Å². The number of oxazole rings is 1. The van der Waals surface area contributed by atoms with Gasteiger partial charge in [0, 0.05) is 24.0 Å². The van der Waals surface area contributed by atoms with Gasteiger partial charge in [-0.1, -0.05) is 80.6 Å². The first-order valence-corrected chi connectivity index (χ1v) is 15.5. The van der Waals surface area contributed by atoms with Crippen LogP contribution in [0.2, 0.25) is 0 Å². The fraction of sp³-hybridized carbons (Fsp3) is 0.343. The normalized spacial score (nSPS) is 13.5. The summed E-state index contributed by atoms with van der Waals surface area (Å²) in [5.74, 6) is -0.430. The van der Waals surface area contributed by atoms with Gasteiger partial charge < -0.3 is 34.9 Å². The Morgan fingerprint density at radius 1 is 0.766 bits per heavy atom. The van der Waals surface area contributed by atoms with Gasteiger partial charge in [0.1, 0.15) is 12.6 Å². The van der Waals surface area contributed by atoms with Crippen molar-refractivity contribution < 1.29 is 33.4 Å². The number of aromatic nitrogens is 2. The van der Waals surface area contributed by atoms with Crippen molar-refractivity contribution in [2.24, 2.45) is 5.92 Å². The van der Waals surface area contributed by atoms with Gasteiger partial charge in [-0.05, 0) is 42.4 Å². The molecule has 4 N–H and O–H groups in total. The molecule has 2 aromatic heterocycles. The van der Waals surface area contributed by atoms with Crippen molar-refractivity contribution in [2.45, 2.75) is 70.6 Å². The molecule has 248 valence electrons. The second-order valence-corrected chi connectivity index (χ2v) is 11.5. The molecule has 0 fully saturated rings. The van der Waals surface area contributed by atoms with Crippen LogP contribution in [0.15, 0.2) is 102 Å². The Morgan fingerprint density at radius 2 is 1.40 bits per heavy atom. The summed E-state index contributed by atoms with van der Waals surface area (Å²) in [5, 5.41) is 20.1. The molecule has 1 unspecified atom stereocenters. The van der Waals surface area contributed by atoms with Gasteiger partial charge in [-0.25, -0.2) is 14.6 Å². The predicted molar refractivity (Wildman–Crippen MR) is 173 cm³/mol. The molecular formula is C35H41N5O7. The average Bonchev–Trinajstić information content (AvgIpc) is 3.60. The monoisotopic (exact) mass is 643 g/mol. The fourth-order valence-corrected chi connectivity index (χ4v) is 4.97. The highest BCUT2D eigenvalue weighted by atomic mass is 16.6. The maximum atomic E-state index is 13.6. The SMILES string of the molecule is CC(C)C(NC(=O)OCc1cnco1)C(=O)N[C@@H](Cc1ccccc1)[C@@H](O)C[C@H](Cc1ccccc1)NC(=O)OCc1cccnc1. The lowest BCUT2D eigenvalue weighted by molar-refractivity contribution is -0.125. The molecule has 12 heteroatoms. The fourth-order valence-electron chi connectivity index (χ4n) is 4.97.